The molecule has 1 aromatic rings. The standard InChI is InChI=1S/C13H16BrN3O3/c1-15(7-8-16-6-2-3-13(16)18)12-9-10(14)4-5-11(12)17(19)20/h4-5,9H,2-3,6-8H2,1H3. The molecular formula is C13H16BrN3O3. The van der Waals surface area contributed by atoms with Crippen molar-refractivity contribution < 1.29 is 9.72 Å². The van der Waals surface area contributed by atoms with Crippen molar-refractivity contribution in [1.29, 1.82) is 0 Å². The van der Waals surface area contributed by atoms with Gasteiger partial charge < -0.3 is 9.80 Å². The second kappa shape index (κ2) is 6.21. The number of carbonyl (C=O) groups excluding carboxylic acids is 1. The van der Waals surface area contributed by atoms with E-state index in [2.05, 4.69) is 15.9 Å². The lowest BCUT2D eigenvalue weighted by Gasteiger charge is -2.23. The topological polar surface area (TPSA) is 66.7 Å². The number of hydrogen-bond acceptors (Lipinski definition) is 4. The van der Waals surface area contributed by atoms with Gasteiger partial charge in [0.15, 0.2) is 0 Å². The molecule has 108 valence electrons. The van der Waals surface area contributed by atoms with Gasteiger partial charge in [0.1, 0.15) is 5.69 Å². The molecule has 0 saturated carbocycles. The monoisotopic (exact) mass is 341 g/mol. The van der Waals surface area contributed by atoms with Gasteiger partial charge in [-0.05, 0) is 18.6 Å². The van der Waals surface area contributed by atoms with Crippen molar-refractivity contribution >= 4 is 33.2 Å². The first kappa shape index (κ1) is 14.8. The van der Waals surface area contributed by atoms with Crippen LogP contribution in [0.2, 0.25) is 0 Å². The van der Waals surface area contributed by atoms with Crippen LogP contribution in [0.3, 0.4) is 0 Å². The Labute approximate surface area is 125 Å². The largest absolute Gasteiger partial charge is 0.367 e. The van der Waals surface area contributed by atoms with E-state index in [1.54, 1.807) is 24.1 Å². The van der Waals surface area contributed by atoms with E-state index < -0.39 is 0 Å². The number of nitro benzene ring substituents is 1. The normalized spacial score (nSPS) is 14.7. The van der Waals surface area contributed by atoms with Crippen molar-refractivity contribution in [3.05, 3.63) is 32.8 Å². The molecule has 1 heterocycles. The maximum Gasteiger partial charge on any atom is 0.292 e. The third kappa shape index (κ3) is 3.27. The molecule has 2 rings (SSSR count). The van der Waals surface area contributed by atoms with Crippen molar-refractivity contribution in [1.82, 2.24) is 4.90 Å². The Morgan fingerprint density at radius 2 is 2.25 bits per heavy atom. The molecule has 1 aromatic carbocycles. The lowest BCUT2D eigenvalue weighted by Crippen LogP contribution is -2.34. The summed E-state index contributed by atoms with van der Waals surface area (Å²) < 4.78 is 0.794. The highest BCUT2D eigenvalue weighted by Gasteiger charge is 2.22. The third-order valence-electron chi connectivity index (χ3n) is 3.42. The SMILES string of the molecule is CN(CCN1CCCC1=O)c1cc(Br)ccc1[N+](=O)[O-]. The highest BCUT2D eigenvalue weighted by molar-refractivity contribution is 9.10. The van der Waals surface area contributed by atoms with Gasteiger partial charge >= 0.3 is 0 Å². The molecule has 0 N–H and O–H groups in total. The summed E-state index contributed by atoms with van der Waals surface area (Å²) in [5, 5.41) is 11.0. The summed E-state index contributed by atoms with van der Waals surface area (Å²) in [6.45, 7) is 1.95. The van der Waals surface area contributed by atoms with Gasteiger partial charge in [0.25, 0.3) is 5.69 Å². The zero-order chi connectivity index (χ0) is 14.7. The van der Waals surface area contributed by atoms with Crippen LogP contribution in [0, 0.1) is 10.1 Å². The highest BCUT2D eigenvalue weighted by Crippen LogP contribution is 2.30. The zero-order valence-electron chi connectivity index (χ0n) is 11.2. The Hall–Kier alpha value is -1.63. The molecule has 1 aliphatic rings. The quantitative estimate of drug-likeness (QED) is 0.609. The van der Waals surface area contributed by atoms with Crippen LogP contribution in [0.1, 0.15) is 12.8 Å². The van der Waals surface area contributed by atoms with Crippen LogP contribution in [0.4, 0.5) is 11.4 Å². The van der Waals surface area contributed by atoms with Crippen LogP contribution in [0.15, 0.2) is 22.7 Å². The first-order valence-corrected chi connectivity index (χ1v) is 7.21. The molecule has 1 saturated heterocycles. The summed E-state index contributed by atoms with van der Waals surface area (Å²) in [7, 11) is 1.80. The summed E-state index contributed by atoms with van der Waals surface area (Å²) in [6.07, 6.45) is 1.51. The molecule has 0 unspecified atom stereocenters. The van der Waals surface area contributed by atoms with Gasteiger partial charge in [-0.2, -0.15) is 0 Å². The molecule has 20 heavy (non-hydrogen) atoms. The van der Waals surface area contributed by atoms with Gasteiger partial charge in [-0.3, -0.25) is 14.9 Å². The van der Waals surface area contributed by atoms with Crippen LogP contribution in [-0.4, -0.2) is 42.4 Å². The van der Waals surface area contributed by atoms with Gasteiger partial charge in [0, 0.05) is 43.6 Å². The average Bonchev–Trinajstić information content (AvgIpc) is 2.81. The number of rotatable bonds is 5. The highest BCUT2D eigenvalue weighted by atomic mass is 79.9. The molecule has 1 aliphatic heterocycles. The molecule has 0 atom stereocenters. The number of benzene rings is 1. The molecule has 1 amide bonds. The molecule has 0 bridgehead atoms. The number of nitro groups is 1. The Morgan fingerprint density at radius 1 is 1.50 bits per heavy atom. The molecular weight excluding hydrogens is 326 g/mol. The number of likely N-dealkylation sites (N-methyl/N-ethyl adjacent to an activating group) is 1. The van der Waals surface area contributed by atoms with Gasteiger partial charge in [-0.15, -0.1) is 0 Å². The molecule has 0 radical (unpaired) electrons. The molecule has 0 aliphatic carbocycles. The first-order valence-electron chi connectivity index (χ1n) is 6.42. The van der Waals surface area contributed by atoms with E-state index in [1.807, 2.05) is 4.90 Å². The second-order valence-electron chi connectivity index (χ2n) is 4.80. The molecule has 7 heteroatoms. The van der Waals surface area contributed by atoms with E-state index in [0.717, 1.165) is 17.4 Å². The van der Waals surface area contributed by atoms with Crippen LogP contribution >= 0.6 is 15.9 Å². The summed E-state index contributed by atoms with van der Waals surface area (Å²) in [5.74, 6) is 0.169. The van der Waals surface area contributed by atoms with Gasteiger partial charge in [-0.25, -0.2) is 0 Å². The van der Waals surface area contributed by atoms with Crippen LogP contribution in [-0.2, 0) is 4.79 Å². The number of hydrogen-bond donors (Lipinski definition) is 0. The van der Waals surface area contributed by atoms with Crippen molar-refractivity contribution in [2.45, 2.75) is 12.8 Å². The number of anilines is 1. The van der Waals surface area contributed by atoms with Crippen LogP contribution < -0.4 is 4.90 Å². The fraction of sp³-hybridized carbons (Fsp3) is 0.462. The second-order valence-corrected chi connectivity index (χ2v) is 5.71. The molecule has 1 fully saturated rings. The lowest BCUT2D eigenvalue weighted by atomic mass is 10.2. The fourth-order valence-electron chi connectivity index (χ4n) is 2.29. The van der Waals surface area contributed by atoms with Crippen LogP contribution in [0.25, 0.3) is 0 Å². The van der Waals surface area contributed by atoms with E-state index in [4.69, 9.17) is 0 Å². The van der Waals surface area contributed by atoms with E-state index >= 15 is 0 Å². The maximum atomic E-state index is 11.5. The number of carbonyl (C=O) groups is 1. The zero-order valence-corrected chi connectivity index (χ0v) is 12.8. The molecule has 0 aromatic heterocycles. The maximum absolute atomic E-state index is 11.5. The fourth-order valence-corrected chi connectivity index (χ4v) is 2.64. The van der Waals surface area contributed by atoms with E-state index in [-0.39, 0.29) is 16.5 Å². The van der Waals surface area contributed by atoms with Gasteiger partial charge in [-0.1, -0.05) is 15.9 Å². The minimum atomic E-state index is -0.390. The first-order chi connectivity index (χ1) is 9.49. The van der Waals surface area contributed by atoms with E-state index in [1.165, 1.54) is 6.07 Å². The minimum absolute atomic E-state index is 0.0726. The summed E-state index contributed by atoms with van der Waals surface area (Å²) in [5.41, 5.74) is 0.625. The van der Waals surface area contributed by atoms with Crippen molar-refractivity contribution in [3.8, 4) is 0 Å². The van der Waals surface area contributed by atoms with Crippen molar-refractivity contribution in [2.75, 3.05) is 31.6 Å². The molecule has 0 spiro atoms. The van der Waals surface area contributed by atoms with Crippen LogP contribution in [0.5, 0.6) is 0 Å². The summed E-state index contributed by atoms with van der Waals surface area (Å²) in [4.78, 5) is 25.8. The number of likely N-dealkylation sites (tertiary alicyclic amines) is 1. The van der Waals surface area contributed by atoms with Crippen molar-refractivity contribution in [3.63, 3.8) is 0 Å². The van der Waals surface area contributed by atoms with E-state index in [9.17, 15) is 14.9 Å². The average molecular weight is 342 g/mol. The smallest absolute Gasteiger partial charge is 0.292 e. The Morgan fingerprint density at radius 3 is 2.85 bits per heavy atom. The van der Waals surface area contributed by atoms with E-state index in [0.29, 0.717) is 25.2 Å². The predicted octanol–water partition coefficient (Wildman–Crippen LogP) is 2.42. The Balaban J connectivity index is 2.08. The Kier molecular flexibility index (Phi) is 4.59. The lowest BCUT2D eigenvalue weighted by molar-refractivity contribution is -0.384. The Bertz CT molecular complexity index is 536. The van der Waals surface area contributed by atoms with Gasteiger partial charge in [0.05, 0.1) is 4.92 Å². The molecule has 6 nitrogen and oxygen atoms in total. The summed E-state index contributed by atoms with van der Waals surface area (Å²) >= 11 is 3.33. The number of halogens is 1. The number of amides is 1. The number of nitrogens with zero attached hydrogens (tertiary/aromatic N) is 3. The minimum Gasteiger partial charge on any atom is -0.367 e. The van der Waals surface area contributed by atoms with Crippen molar-refractivity contribution in [2.24, 2.45) is 0 Å². The van der Waals surface area contributed by atoms with Gasteiger partial charge in [0.2, 0.25) is 5.91 Å². The third-order valence-corrected chi connectivity index (χ3v) is 3.92. The summed E-state index contributed by atoms with van der Waals surface area (Å²) in [6, 6.07) is 4.86. The predicted molar refractivity (Wildman–Crippen MR) is 79.9 cm³/mol.